The molecule has 0 aromatic heterocycles. The Kier molecular flexibility index (Phi) is 13.5. The van der Waals surface area contributed by atoms with Crippen LogP contribution in [0.4, 0.5) is 0 Å². The fourth-order valence-electron chi connectivity index (χ4n) is 3.25. The summed E-state index contributed by atoms with van der Waals surface area (Å²) in [6.07, 6.45) is 3.51. The van der Waals surface area contributed by atoms with Crippen LogP contribution in [0.15, 0.2) is 35.3 Å². The maximum atomic E-state index is 6.08. The van der Waals surface area contributed by atoms with Crippen molar-refractivity contribution in [3.05, 3.63) is 35.9 Å². The minimum Gasteiger partial charge on any atom is -0.380 e. The molecule has 0 spiro atoms. The standard InChI is InChI=1S/C22H37N3O2.HI/c1-4-23-22(24-13-16-26-15-12-18(2)3)25-17-20-11-8-14-27-21(20)19-9-6-5-7-10-19;/h5-7,9-10,18,20-21H,4,8,11-17H2,1-3H3,(H2,23,24,25);1H. The molecule has 1 aliphatic rings. The first-order chi connectivity index (χ1) is 13.2. The molecule has 1 aliphatic heterocycles. The maximum Gasteiger partial charge on any atom is 0.191 e. The number of hydrogen-bond donors (Lipinski definition) is 2. The van der Waals surface area contributed by atoms with Crippen LogP contribution in [-0.2, 0) is 9.47 Å². The van der Waals surface area contributed by atoms with Crippen molar-refractivity contribution < 1.29 is 9.47 Å². The molecule has 160 valence electrons. The fourth-order valence-corrected chi connectivity index (χ4v) is 3.25. The second kappa shape index (κ2) is 15.0. The summed E-state index contributed by atoms with van der Waals surface area (Å²) in [4.78, 5) is 4.82. The molecule has 0 radical (unpaired) electrons. The van der Waals surface area contributed by atoms with Gasteiger partial charge in [-0.2, -0.15) is 0 Å². The Bertz CT molecular complexity index is 540. The molecule has 1 aromatic carbocycles. The van der Waals surface area contributed by atoms with E-state index < -0.39 is 0 Å². The number of benzene rings is 1. The number of nitrogens with one attached hydrogen (secondary N) is 2. The van der Waals surface area contributed by atoms with Crippen LogP contribution in [0.2, 0.25) is 0 Å². The maximum absolute atomic E-state index is 6.08. The van der Waals surface area contributed by atoms with Crippen molar-refractivity contribution in [2.75, 3.05) is 39.5 Å². The first-order valence-electron chi connectivity index (χ1n) is 10.5. The first kappa shape index (κ1) is 25.2. The van der Waals surface area contributed by atoms with Crippen molar-refractivity contribution in [3.8, 4) is 0 Å². The summed E-state index contributed by atoms with van der Waals surface area (Å²) in [6.45, 7) is 11.3. The highest BCUT2D eigenvalue weighted by Crippen LogP contribution is 2.33. The summed E-state index contributed by atoms with van der Waals surface area (Å²) in [6, 6.07) is 10.5. The SMILES string of the molecule is CCNC(=NCC1CCCOC1c1ccccc1)NCCOCCC(C)C.I. The Morgan fingerprint density at radius 1 is 1.21 bits per heavy atom. The lowest BCUT2D eigenvalue weighted by atomic mass is 9.89. The van der Waals surface area contributed by atoms with E-state index in [4.69, 9.17) is 14.5 Å². The fraction of sp³-hybridized carbons (Fsp3) is 0.682. The Hall–Kier alpha value is -0.860. The number of aliphatic imine (C=N–C) groups is 1. The Labute approximate surface area is 188 Å². The van der Waals surface area contributed by atoms with Crippen LogP contribution < -0.4 is 10.6 Å². The average molecular weight is 503 g/mol. The van der Waals surface area contributed by atoms with Gasteiger partial charge in [-0.1, -0.05) is 44.2 Å². The van der Waals surface area contributed by atoms with Gasteiger partial charge in [-0.15, -0.1) is 24.0 Å². The Morgan fingerprint density at radius 3 is 2.71 bits per heavy atom. The summed E-state index contributed by atoms with van der Waals surface area (Å²) in [5.74, 6) is 1.97. The topological polar surface area (TPSA) is 54.9 Å². The number of guanidine groups is 1. The second-order valence-electron chi connectivity index (χ2n) is 7.55. The van der Waals surface area contributed by atoms with Gasteiger partial charge in [-0.3, -0.25) is 4.99 Å². The van der Waals surface area contributed by atoms with Crippen LogP contribution in [0.3, 0.4) is 0 Å². The molecule has 0 aliphatic carbocycles. The molecule has 1 aromatic rings. The van der Waals surface area contributed by atoms with Crippen molar-refractivity contribution in [3.63, 3.8) is 0 Å². The van der Waals surface area contributed by atoms with E-state index >= 15 is 0 Å². The minimum atomic E-state index is 0. The smallest absolute Gasteiger partial charge is 0.191 e. The highest BCUT2D eigenvalue weighted by Gasteiger charge is 2.27. The van der Waals surface area contributed by atoms with Gasteiger partial charge in [0.25, 0.3) is 0 Å². The lowest BCUT2D eigenvalue weighted by Crippen LogP contribution is -2.39. The Balaban J connectivity index is 0.00000392. The molecule has 2 rings (SSSR count). The van der Waals surface area contributed by atoms with Crippen LogP contribution in [0, 0.1) is 11.8 Å². The number of hydrogen-bond acceptors (Lipinski definition) is 3. The van der Waals surface area contributed by atoms with Crippen LogP contribution >= 0.6 is 24.0 Å². The van der Waals surface area contributed by atoms with Gasteiger partial charge in [0.05, 0.1) is 12.7 Å². The van der Waals surface area contributed by atoms with Gasteiger partial charge in [-0.25, -0.2) is 0 Å². The van der Waals surface area contributed by atoms with E-state index in [1.807, 2.05) is 0 Å². The van der Waals surface area contributed by atoms with Gasteiger partial charge < -0.3 is 20.1 Å². The van der Waals surface area contributed by atoms with Crippen LogP contribution in [-0.4, -0.2) is 45.4 Å². The molecule has 2 N–H and O–H groups in total. The molecular formula is C22H38IN3O2. The number of nitrogens with zero attached hydrogens (tertiary/aromatic N) is 1. The summed E-state index contributed by atoms with van der Waals surface area (Å²) in [7, 11) is 0. The normalized spacial score (nSPS) is 19.9. The molecule has 1 fully saturated rings. The highest BCUT2D eigenvalue weighted by atomic mass is 127. The zero-order valence-electron chi connectivity index (χ0n) is 17.7. The molecule has 28 heavy (non-hydrogen) atoms. The van der Waals surface area contributed by atoms with E-state index in [0.717, 1.165) is 58.1 Å². The van der Waals surface area contributed by atoms with Gasteiger partial charge in [0, 0.05) is 38.8 Å². The van der Waals surface area contributed by atoms with Crippen LogP contribution in [0.1, 0.15) is 51.7 Å². The van der Waals surface area contributed by atoms with Gasteiger partial charge in [0.2, 0.25) is 0 Å². The second-order valence-corrected chi connectivity index (χ2v) is 7.55. The number of rotatable bonds is 10. The van der Waals surface area contributed by atoms with Gasteiger partial charge in [0.1, 0.15) is 0 Å². The lowest BCUT2D eigenvalue weighted by molar-refractivity contribution is -0.0250. The molecule has 1 heterocycles. The van der Waals surface area contributed by atoms with Crippen molar-refractivity contribution in [2.45, 2.75) is 46.1 Å². The monoisotopic (exact) mass is 503 g/mol. The molecule has 5 nitrogen and oxygen atoms in total. The highest BCUT2D eigenvalue weighted by molar-refractivity contribution is 14.0. The molecule has 2 atom stereocenters. The number of halogens is 1. The predicted molar refractivity (Wildman–Crippen MR) is 128 cm³/mol. The molecule has 6 heteroatoms. The van der Waals surface area contributed by atoms with Gasteiger partial charge >= 0.3 is 0 Å². The summed E-state index contributed by atoms with van der Waals surface area (Å²) in [5.41, 5.74) is 1.26. The zero-order valence-corrected chi connectivity index (χ0v) is 20.0. The van der Waals surface area contributed by atoms with E-state index in [1.54, 1.807) is 0 Å². The van der Waals surface area contributed by atoms with Gasteiger partial charge in [-0.05, 0) is 37.7 Å². The Morgan fingerprint density at radius 2 is 2.00 bits per heavy atom. The minimum absolute atomic E-state index is 0. The van der Waals surface area contributed by atoms with Crippen molar-refractivity contribution in [1.82, 2.24) is 10.6 Å². The summed E-state index contributed by atoms with van der Waals surface area (Å²) < 4.78 is 11.8. The average Bonchev–Trinajstić information content (AvgIpc) is 2.69. The van der Waals surface area contributed by atoms with Crippen molar-refractivity contribution >= 4 is 29.9 Å². The lowest BCUT2D eigenvalue weighted by Gasteiger charge is -2.31. The van der Waals surface area contributed by atoms with Gasteiger partial charge in [0.15, 0.2) is 5.96 Å². The zero-order chi connectivity index (χ0) is 19.3. The molecule has 0 amide bonds. The van der Waals surface area contributed by atoms with E-state index in [9.17, 15) is 0 Å². The first-order valence-corrected chi connectivity index (χ1v) is 10.5. The van der Waals surface area contributed by atoms with Crippen molar-refractivity contribution in [1.29, 1.82) is 0 Å². The molecule has 0 saturated carbocycles. The van der Waals surface area contributed by atoms with E-state index in [-0.39, 0.29) is 30.1 Å². The van der Waals surface area contributed by atoms with Crippen molar-refractivity contribution in [2.24, 2.45) is 16.8 Å². The third kappa shape index (κ3) is 9.56. The van der Waals surface area contributed by atoms with E-state index in [0.29, 0.717) is 18.4 Å². The van der Waals surface area contributed by atoms with E-state index in [2.05, 4.69) is 61.7 Å². The third-order valence-electron chi connectivity index (χ3n) is 4.78. The van der Waals surface area contributed by atoms with Crippen LogP contribution in [0.25, 0.3) is 0 Å². The summed E-state index contributed by atoms with van der Waals surface area (Å²) in [5, 5.41) is 6.70. The quantitative estimate of drug-likeness (QED) is 0.215. The third-order valence-corrected chi connectivity index (χ3v) is 4.78. The molecule has 2 unspecified atom stereocenters. The predicted octanol–water partition coefficient (Wildman–Crippen LogP) is 4.39. The molecule has 1 saturated heterocycles. The van der Waals surface area contributed by atoms with Crippen LogP contribution in [0.5, 0.6) is 0 Å². The largest absolute Gasteiger partial charge is 0.380 e. The van der Waals surface area contributed by atoms with E-state index in [1.165, 1.54) is 5.56 Å². The number of ether oxygens (including phenoxy) is 2. The molecular weight excluding hydrogens is 465 g/mol. The summed E-state index contributed by atoms with van der Waals surface area (Å²) >= 11 is 0. The molecule has 0 bridgehead atoms.